The smallest absolute Gasteiger partial charge is 0.101 e. The molecule has 15 rings (SSSR count). The van der Waals surface area contributed by atoms with E-state index in [1.807, 2.05) is 12.1 Å². The van der Waals surface area contributed by atoms with E-state index in [1.165, 1.54) is 66.8 Å². The van der Waals surface area contributed by atoms with Crippen molar-refractivity contribution in [3.8, 4) is 45.8 Å². The molecular formula is C70H42N4. The number of hydrogen-bond acceptors (Lipinski definition) is 2. The molecule has 0 spiro atoms. The summed E-state index contributed by atoms with van der Waals surface area (Å²) in [5, 5.41) is 27.5. The highest BCUT2D eigenvalue weighted by Crippen LogP contribution is 2.61. The first-order chi connectivity index (χ1) is 36.7. The van der Waals surface area contributed by atoms with Gasteiger partial charge in [-0.25, -0.2) is 0 Å². The quantitative estimate of drug-likeness (QED) is 0.167. The van der Waals surface area contributed by atoms with Gasteiger partial charge in [0.25, 0.3) is 0 Å². The Labute approximate surface area is 428 Å². The molecule has 0 amide bonds. The number of nitriles is 2. The van der Waals surface area contributed by atoms with Gasteiger partial charge in [-0.2, -0.15) is 10.5 Å². The van der Waals surface area contributed by atoms with Gasteiger partial charge in [0, 0.05) is 27.2 Å². The van der Waals surface area contributed by atoms with Crippen molar-refractivity contribution >= 4 is 43.6 Å². The van der Waals surface area contributed by atoms with Crippen LogP contribution in [-0.2, 0) is 10.8 Å². The molecule has 4 heteroatoms. The predicted molar refractivity (Wildman–Crippen MR) is 299 cm³/mol. The summed E-state index contributed by atoms with van der Waals surface area (Å²) in [6.45, 7) is 0. The van der Waals surface area contributed by atoms with E-state index in [2.05, 4.69) is 264 Å². The SMILES string of the molecule is N#Cc1cc(-n2c3ccccc3c3c4c(ccc32)-c2ccccc2C4(c2ccccc2)c2ccccc2)cc(C#N)c1-n1c2ccccc2c2c3c(ccc21)-c1ccccc1C3(c1ccccc1)c1ccccc1. The van der Waals surface area contributed by atoms with E-state index < -0.39 is 10.8 Å². The lowest BCUT2D eigenvalue weighted by Gasteiger charge is -2.34. The molecule has 0 bridgehead atoms. The van der Waals surface area contributed by atoms with Gasteiger partial charge >= 0.3 is 0 Å². The largest absolute Gasteiger partial charge is 0.309 e. The second kappa shape index (κ2) is 15.7. The number of benzene rings is 11. The minimum Gasteiger partial charge on any atom is -0.309 e. The van der Waals surface area contributed by atoms with Crippen molar-refractivity contribution < 1.29 is 0 Å². The van der Waals surface area contributed by atoms with Gasteiger partial charge < -0.3 is 9.13 Å². The second-order valence-corrected chi connectivity index (χ2v) is 19.6. The maximum Gasteiger partial charge on any atom is 0.101 e. The maximum absolute atomic E-state index is 11.5. The molecule has 0 aliphatic heterocycles. The van der Waals surface area contributed by atoms with Gasteiger partial charge in [0.15, 0.2) is 0 Å². The highest BCUT2D eigenvalue weighted by Gasteiger charge is 2.49. The lowest BCUT2D eigenvalue weighted by Crippen LogP contribution is -2.28. The Morgan fingerprint density at radius 2 is 0.662 bits per heavy atom. The van der Waals surface area contributed by atoms with E-state index >= 15 is 0 Å². The molecule has 2 aliphatic carbocycles. The molecule has 0 unspecified atom stereocenters. The van der Waals surface area contributed by atoms with Gasteiger partial charge in [0.1, 0.15) is 12.1 Å². The van der Waals surface area contributed by atoms with Gasteiger partial charge in [-0.05, 0) is 103 Å². The molecule has 342 valence electrons. The van der Waals surface area contributed by atoms with Crippen LogP contribution >= 0.6 is 0 Å². The van der Waals surface area contributed by atoms with Crippen molar-refractivity contribution in [1.82, 2.24) is 9.13 Å². The van der Waals surface area contributed by atoms with Crippen molar-refractivity contribution in [1.29, 1.82) is 10.5 Å². The molecule has 2 aliphatic rings. The van der Waals surface area contributed by atoms with Crippen LogP contribution in [0.5, 0.6) is 0 Å². The summed E-state index contributed by atoms with van der Waals surface area (Å²) in [6, 6.07) is 96.5. The summed E-state index contributed by atoms with van der Waals surface area (Å²) in [7, 11) is 0. The van der Waals surface area contributed by atoms with E-state index in [1.54, 1.807) is 0 Å². The van der Waals surface area contributed by atoms with Crippen molar-refractivity contribution in [2.24, 2.45) is 0 Å². The number of nitrogens with zero attached hydrogens (tertiary/aromatic N) is 4. The predicted octanol–water partition coefficient (Wildman–Crippen LogP) is 16.4. The minimum atomic E-state index is -0.667. The molecule has 0 atom stereocenters. The van der Waals surface area contributed by atoms with Crippen LogP contribution in [-0.4, -0.2) is 9.13 Å². The van der Waals surface area contributed by atoms with Crippen molar-refractivity contribution in [2.75, 3.05) is 0 Å². The Morgan fingerprint density at radius 1 is 0.311 bits per heavy atom. The van der Waals surface area contributed by atoms with E-state index in [9.17, 15) is 10.5 Å². The Bertz CT molecular complexity index is 4440. The zero-order valence-corrected chi connectivity index (χ0v) is 40.0. The molecule has 2 heterocycles. The van der Waals surface area contributed by atoms with E-state index in [0.717, 1.165) is 49.3 Å². The summed E-state index contributed by atoms with van der Waals surface area (Å²) in [5.74, 6) is 0. The highest BCUT2D eigenvalue weighted by atomic mass is 15.0. The molecule has 0 N–H and O–H groups in total. The molecule has 74 heavy (non-hydrogen) atoms. The van der Waals surface area contributed by atoms with Crippen LogP contribution in [0.25, 0.3) is 77.2 Å². The molecular weight excluding hydrogens is 897 g/mol. The van der Waals surface area contributed by atoms with Crippen LogP contribution < -0.4 is 0 Å². The second-order valence-electron chi connectivity index (χ2n) is 19.6. The first kappa shape index (κ1) is 41.8. The number of para-hydroxylation sites is 2. The van der Waals surface area contributed by atoms with Crippen LogP contribution in [0.1, 0.15) is 55.6 Å². The van der Waals surface area contributed by atoms with E-state index in [-0.39, 0.29) is 0 Å². The van der Waals surface area contributed by atoms with Gasteiger partial charge in [-0.1, -0.05) is 218 Å². The van der Waals surface area contributed by atoms with Gasteiger partial charge in [-0.3, -0.25) is 0 Å². The summed E-state index contributed by atoms with van der Waals surface area (Å²) in [4.78, 5) is 0. The standard InChI is InChI=1S/C70H42N4/c71-43-45-41-51(73-60-35-19-15-31-56(60)64-62(73)39-37-54-52-29-13-17-33-58(52)69(66(54)64,47-21-5-1-6-22-47)48-23-7-2-8-24-48)42-46(44-72)68(45)74-61-36-20-16-32-57(61)65-63(74)40-38-55-53-30-14-18-34-59(53)70(67(55)65,49-25-9-3-10-26-49)50-27-11-4-12-28-50/h1-42H. The van der Waals surface area contributed by atoms with Crippen LogP contribution in [0.2, 0.25) is 0 Å². The molecule has 0 saturated carbocycles. The molecule has 0 saturated heterocycles. The normalized spacial score (nSPS) is 13.6. The summed E-state index contributed by atoms with van der Waals surface area (Å²) in [6.07, 6.45) is 0. The first-order valence-electron chi connectivity index (χ1n) is 25.2. The molecule has 4 nitrogen and oxygen atoms in total. The van der Waals surface area contributed by atoms with E-state index in [0.29, 0.717) is 16.8 Å². The minimum absolute atomic E-state index is 0.408. The Hall–Kier alpha value is -10.0. The molecule has 0 radical (unpaired) electrons. The van der Waals surface area contributed by atoms with Crippen LogP contribution in [0.15, 0.2) is 255 Å². The lowest BCUT2D eigenvalue weighted by molar-refractivity contribution is 0.776. The summed E-state index contributed by atoms with van der Waals surface area (Å²) in [5.41, 5.74) is 19.0. The molecule has 2 aromatic heterocycles. The van der Waals surface area contributed by atoms with Gasteiger partial charge in [-0.15, -0.1) is 0 Å². The molecule has 11 aromatic carbocycles. The monoisotopic (exact) mass is 938 g/mol. The maximum atomic E-state index is 11.5. The highest BCUT2D eigenvalue weighted by molar-refractivity contribution is 6.17. The first-order valence-corrected chi connectivity index (χ1v) is 25.2. The van der Waals surface area contributed by atoms with Crippen LogP contribution in [0, 0.1) is 22.7 Å². The van der Waals surface area contributed by atoms with Gasteiger partial charge in [0.2, 0.25) is 0 Å². The van der Waals surface area contributed by atoms with Crippen LogP contribution in [0.4, 0.5) is 0 Å². The number of aromatic nitrogens is 2. The van der Waals surface area contributed by atoms with Crippen LogP contribution in [0.3, 0.4) is 0 Å². The Balaban J connectivity index is 1.02. The number of rotatable bonds is 6. The average molecular weight is 939 g/mol. The van der Waals surface area contributed by atoms with Crippen molar-refractivity contribution in [3.63, 3.8) is 0 Å². The fourth-order valence-corrected chi connectivity index (χ4v) is 13.7. The Kier molecular flexibility index (Phi) is 8.89. The zero-order chi connectivity index (χ0) is 49.1. The zero-order valence-electron chi connectivity index (χ0n) is 40.0. The summed E-state index contributed by atoms with van der Waals surface area (Å²) >= 11 is 0. The average Bonchev–Trinajstić information content (AvgIpc) is 4.22. The molecule has 13 aromatic rings. The van der Waals surface area contributed by atoms with Crippen molar-refractivity contribution in [3.05, 3.63) is 310 Å². The third kappa shape index (κ3) is 5.33. The van der Waals surface area contributed by atoms with Crippen molar-refractivity contribution in [2.45, 2.75) is 10.8 Å². The fourth-order valence-electron chi connectivity index (χ4n) is 13.7. The number of hydrogen-bond donors (Lipinski definition) is 0. The summed E-state index contributed by atoms with van der Waals surface area (Å²) < 4.78 is 4.45. The Morgan fingerprint density at radius 3 is 1.08 bits per heavy atom. The van der Waals surface area contributed by atoms with E-state index in [4.69, 9.17) is 0 Å². The number of fused-ring (bicyclic) bond motifs is 14. The third-order valence-corrected chi connectivity index (χ3v) is 16.3. The topological polar surface area (TPSA) is 57.4 Å². The molecule has 0 fully saturated rings. The lowest BCUT2D eigenvalue weighted by atomic mass is 9.67. The third-order valence-electron chi connectivity index (χ3n) is 16.3. The fraction of sp³-hybridized carbons (Fsp3) is 0.0286. The van der Waals surface area contributed by atoms with Gasteiger partial charge in [0.05, 0.1) is 49.7 Å².